The number of terminal acetylenes is 1. The lowest BCUT2D eigenvalue weighted by Gasteiger charge is -2.31. The highest BCUT2D eigenvalue weighted by Gasteiger charge is 2.37. The summed E-state index contributed by atoms with van der Waals surface area (Å²) in [4.78, 5) is 51.3. The smallest absolute Gasteiger partial charge is 0.408 e. The second-order valence-corrected chi connectivity index (χ2v) is 8.77. The van der Waals surface area contributed by atoms with E-state index in [0.717, 1.165) is 4.90 Å². The molecule has 3 amide bonds. The summed E-state index contributed by atoms with van der Waals surface area (Å²) in [5, 5.41) is 14.7. The van der Waals surface area contributed by atoms with Crippen molar-refractivity contribution < 1.29 is 33.8 Å². The number of carbonyl (C=O) groups excluding carboxylic acids is 4. The Hall–Kier alpha value is -3.58. The predicted octanol–water partition coefficient (Wildman–Crippen LogP) is 1.72. The summed E-state index contributed by atoms with van der Waals surface area (Å²) in [5.41, 5.74) is 1.05. The third kappa shape index (κ3) is 8.94. The molecule has 0 aliphatic rings. The summed E-state index contributed by atoms with van der Waals surface area (Å²) in [6, 6.07) is 4.81. The van der Waals surface area contributed by atoms with E-state index in [1.807, 2.05) is 0 Å². The molecule has 0 spiro atoms. The average molecular weight is 490 g/mol. The van der Waals surface area contributed by atoms with Gasteiger partial charge in [-0.1, -0.05) is 24.6 Å². The Morgan fingerprint density at radius 3 is 2.26 bits per heavy atom. The number of aryl methyl sites for hydroxylation is 2. The first kappa shape index (κ1) is 29.5. The van der Waals surface area contributed by atoms with E-state index >= 15 is 0 Å². The number of esters is 1. The van der Waals surface area contributed by atoms with Gasteiger partial charge < -0.3 is 25.2 Å². The number of aliphatic hydroxyl groups excluding tert-OH is 1. The van der Waals surface area contributed by atoms with Crippen LogP contribution in [0.1, 0.15) is 56.8 Å². The van der Waals surface area contributed by atoms with Gasteiger partial charge in [-0.15, -0.1) is 0 Å². The van der Waals surface area contributed by atoms with E-state index in [9.17, 15) is 24.3 Å². The molecular formula is C25H35N3O7. The number of nitrogens with one attached hydrogen (secondary N) is 2. The minimum atomic E-state index is -1.46. The summed E-state index contributed by atoms with van der Waals surface area (Å²) in [7, 11) is 0. The molecule has 0 radical (unpaired) electrons. The van der Waals surface area contributed by atoms with Crippen molar-refractivity contribution >= 4 is 23.9 Å². The molecule has 1 aromatic rings. The molecule has 10 nitrogen and oxygen atoms in total. The van der Waals surface area contributed by atoms with Crippen molar-refractivity contribution in [1.29, 1.82) is 0 Å². The largest absolute Gasteiger partial charge is 0.466 e. The first-order chi connectivity index (χ1) is 16.4. The SMILES string of the molecule is C#CN(C(=O)C(CO)NC(=O)OC(C)(C)C)C(C(=O)NCCC(=O)OCC)c1c(C)cccc1C. The highest BCUT2D eigenvalue weighted by atomic mass is 16.6. The highest BCUT2D eigenvalue weighted by molar-refractivity contribution is 5.93. The second kappa shape index (κ2) is 13.3. The number of hydrogen-bond acceptors (Lipinski definition) is 7. The molecule has 0 saturated carbocycles. The van der Waals surface area contributed by atoms with Crippen LogP contribution in [-0.2, 0) is 23.9 Å². The Kier molecular flexibility index (Phi) is 11.2. The quantitative estimate of drug-likeness (QED) is 0.259. The molecule has 0 fully saturated rings. The van der Waals surface area contributed by atoms with Crippen LogP contribution in [0.5, 0.6) is 0 Å². The standard InChI is InChI=1S/C25H35N3O7/c1-8-28(23(32)18(15-29)27-24(33)35-25(5,6)7)21(20-16(3)11-10-12-17(20)4)22(31)26-14-13-19(30)34-9-2/h1,10-12,18,21,29H,9,13-15H2,2-7H3,(H,26,31)(H,27,33). The molecular weight excluding hydrogens is 454 g/mol. The van der Waals surface area contributed by atoms with Gasteiger partial charge in [-0.05, 0) is 58.2 Å². The molecule has 0 heterocycles. The van der Waals surface area contributed by atoms with E-state index in [4.69, 9.17) is 15.9 Å². The van der Waals surface area contributed by atoms with Crippen molar-refractivity contribution in [1.82, 2.24) is 15.5 Å². The maximum atomic E-state index is 13.3. The molecule has 2 atom stereocenters. The fraction of sp³-hybridized carbons (Fsp3) is 0.520. The van der Waals surface area contributed by atoms with Crippen molar-refractivity contribution in [2.75, 3.05) is 19.8 Å². The first-order valence-electron chi connectivity index (χ1n) is 11.2. The number of amides is 3. The molecule has 10 heteroatoms. The fourth-order valence-corrected chi connectivity index (χ4v) is 3.32. The fourth-order valence-electron chi connectivity index (χ4n) is 3.32. The van der Waals surface area contributed by atoms with Crippen molar-refractivity contribution in [3.05, 3.63) is 34.9 Å². The summed E-state index contributed by atoms with van der Waals surface area (Å²) in [6.07, 6.45) is 4.67. The minimum Gasteiger partial charge on any atom is -0.466 e. The lowest BCUT2D eigenvalue weighted by molar-refractivity contribution is -0.143. The topological polar surface area (TPSA) is 134 Å². The molecule has 0 aliphatic carbocycles. The number of alkyl carbamates (subject to hydrolysis) is 1. The van der Waals surface area contributed by atoms with Gasteiger partial charge >= 0.3 is 12.1 Å². The molecule has 3 N–H and O–H groups in total. The van der Waals surface area contributed by atoms with Gasteiger partial charge in [0.2, 0.25) is 5.91 Å². The zero-order valence-corrected chi connectivity index (χ0v) is 21.1. The van der Waals surface area contributed by atoms with Crippen molar-refractivity contribution in [3.8, 4) is 12.5 Å². The molecule has 0 aromatic heterocycles. The molecule has 1 aromatic carbocycles. The van der Waals surface area contributed by atoms with E-state index in [-0.39, 0.29) is 19.6 Å². The number of aliphatic hydroxyl groups is 1. The van der Waals surface area contributed by atoms with Crippen molar-refractivity contribution in [2.24, 2.45) is 0 Å². The molecule has 35 heavy (non-hydrogen) atoms. The van der Waals surface area contributed by atoms with Gasteiger partial charge in [0.05, 0.1) is 19.6 Å². The summed E-state index contributed by atoms with van der Waals surface area (Å²) >= 11 is 0. The zero-order chi connectivity index (χ0) is 26.8. The van der Waals surface area contributed by atoms with E-state index in [1.54, 1.807) is 59.7 Å². The second-order valence-electron chi connectivity index (χ2n) is 8.77. The van der Waals surface area contributed by atoms with E-state index in [2.05, 4.69) is 16.7 Å². The highest BCUT2D eigenvalue weighted by Crippen LogP contribution is 2.28. The normalized spacial score (nSPS) is 12.5. The van der Waals surface area contributed by atoms with Gasteiger partial charge in [0, 0.05) is 12.6 Å². The number of ether oxygens (including phenoxy) is 2. The number of rotatable bonds is 10. The third-order valence-electron chi connectivity index (χ3n) is 4.80. The average Bonchev–Trinajstić information content (AvgIpc) is 2.75. The Morgan fingerprint density at radius 1 is 1.17 bits per heavy atom. The Balaban J connectivity index is 3.29. The lowest BCUT2D eigenvalue weighted by Crippen LogP contribution is -2.53. The van der Waals surface area contributed by atoms with Gasteiger partial charge in [-0.3, -0.25) is 19.3 Å². The Morgan fingerprint density at radius 2 is 1.77 bits per heavy atom. The molecule has 1 rings (SSSR count). The summed E-state index contributed by atoms with van der Waals surface area (Å²) in [6.45, 7) is 9.55. The van der Waals surface area contributed by atoms with Crippen LogP contribution in [0.4, 0.5) is 4.79 Å². The maximum absolute atomic E-state index is 13.3. The first-order valence-corrected chi connectivity index (χ1v) is 11.2. The molecule has 0 bridgehead atoms. The van der Waals surface area contributed by atoms with E-state index in [1.165, 1.54) is 0 Å². The van der Waals surface area contributed by atoms with Crippen LogP contribution in [-0.4, -0.2) is 65.3 Å². The Labute approximate surface area is 206 Å². The summed E-state index contributed by atoms with van der Waals surface area (Å²) in [5.74, 6) is -2.00. The van der Waals surface area contributed by atoms with Gasteiger partial charge in [-0.25, -0.2) is 4.79 Å². The van der Waals surface area contributed by atoms with Crippen LogP contribution < -0.4 is 10.6 Å². The Bertz CT molecular complexity index is 943. The van der Waals surface area contributed by atoms with Gasteiger partial charge in [-0.2, -0.15) is 0 Å². The molecule has 2 unspecified atom stereocenters. The predicted molar refractivity (Wildman–Crippen MR) is 129 cm³/mol. The number of hydrogen-bond donors (Lipinski definition) is 3. The third-order valence-corrected chi connectivity index (χ3v) is 4.80. The zero-order valence-electron chi connectivity index (χ0n) is 21.1. The number of nitrogens with zero attached hydrogens (tertiary/aromatic N) is 1. The monoisotopic (exact) mass is 489 g/mol. The molecule has 0 saturated heterocycles. The summed E-state index contributed by atoms with van der Waals surface area (Å²) < 4.78 is 10.0. The van der Waals surface area contributed by atoms with Crippen molar-refractivity contribution in [2.45, 2.75) is 65.6 Å². The number of carbonyl (C=O) groups is 4. The van der Waals surface area contributed by atoms with E-state index in [0.29, 0.717) is 16.7 Å². The van der Waals surface area contributed by atoms with Crippen LogP contribution in [0.2, 0.25) is 0 Å². The van der Waals surface area contributed by atoms with E-state index < -0.39 is 48.2 Å². The minimum absolute atomic E-state index is 0.0364. The van der Waals surface area contributed by atoms with Crippen LogP contribution >= 0.6 is 0 Å². The molecule has 0 aliphatic heterocycles. The van der Waals surface area contributed by atoms with Crippen LogP contribution in [0.15, 0.2) is 18.2 Å². The van der Waals surface area contributed by atoms with Crippen LogP contribution in [0, 0.1) is 26.3 Å². The maximum Gasteiger partial charge on any atom is 0.408 e. The van der Waals surface area contributed by atoms with Crippen LogP contribution in [0.3, 0.4) is 0 Å². The van der Waals surface area contributed by atoms with Crippen LogP contribution in [0.25, 0.3) is 0 Å². The lowest BCUT2D eigenvalue weighted by atomic mass is 9.94. The number of benzene rings is 1. The van der Waals surface area contributed by atoms with Gasteiger partial charge in [0.25, 0.3) is 5.91 Å². The molecule has 192 valence electrons. The van der Waals surface area contributed by atoms with Crippen molar-refractivity contribution in [3.63, 3.8) is 0 Å². The van der Waals surface area contributed by atoms with Gasteiger partial charge in [0.15, 0.2) is 0 Å². The van der Waals surface area contributed by atoms with Gasteiger partial charge in [0.1, 0.15) is 17.7 Å².